The Morgan fingerprint density at radius 2 is 2.00 bits per heavy atom. The van der Waals surface area contributed by atoms with Gasteiger partial charge in [0.1, 0.15) is 23.6 Å². The summed E-state index contributed by atoms with van der Waals surface area (Å²) in [6, 6.07) is 0.270. The first-order valence-electron chi connectivity index (χ1n) is 9.50. The summed E-state index contributed by atoms with van der Waals surface area (Å²) in [6.07, 6.45) is 1.66. The molecule has 0 radical (unpaired) electrons. The van der Waals surface area contributed by atoms with Gasteiger partial charge < -0.3 is 19.7 Å². The average molecular weight is 391 g/mol. The van der Waals surface area contributed by atoms with Crippen molar-refractivity contribution >= 4 is 33.3 Å². The Balaban J connectivity index is 1.30. The topological polar surface area (TPSA) is 76.6 Å². The molecule has 1 amide bonds. The summed E-state index contributed by atoms with van der Waals surface area (Å²) in [5, 5.41) is 4.29. The molecular weight excluding hydrogens is 364 g/mol. The number of ether oxygens (including phenoxy) is 2. The third kappa shape index (κ3) is 3.66. The number of thiophene rings is 1. The number of piperidine rings is 1. The normalized spacial score (nSPS) is 23.7. The molecule has 7 nitrogen and oxygen atoms in total. The molecule has 0 aromatic carbocycles. The largest absolute Gasteiger partial charge is 0.379 e. The minimum atomic E-state index is -0.0359. The quantitative estimate of drug-likeness (QED) is 0.694. The fourth-order valence-corrected chi connectivity index (χ4v) is 4.96. The van der Waals surface area contributed by atoms with Gasteiger partial charge in [-0.05, 0) is 26.3 Å². The monoisotopic (exact) mass is 390 g/mol. The molecule has 1 aliphatic heterocycles. The van der Waals surface area contributed by atoms with Gasteiger partial charge in [-0.25, -0.2) is 9.97 Å². The van der Waals surface area contributed by atoms with Crippen LogP contribution in [0, 0.1) is 25.7 Å². The second-order valence-corrected chi connectivity index (χ2v) is 8.44. The molecule has 1 saturated carbocycles. The lowest BCUT2D eigenvalue weighted by atomic mass is 10.2. The number of carbonyl (C=O) groups is 1. The summed E-state index contributed by atoms with van der Waals surface area (Å²) in [5.41, 5.74) is 1.28. The van der Waals surface area contributed by atoms with Gasteiger partial charge in [0.25, 0.3) is 0 Å². The summed E-state index contributed by atoms with van der Waals surface area (Å²) in [5.74, 6) is 2.01. The third-order valence-corrected chi connectivity index (χ3v) is 6.69. The number of hydrogen-bond acceptors (Lipinski definition) is 7. The maximum Gasteiger partial charge on any atom is 0.246 e. The first-order chi connectivity index (χ1) is 13.1. The first-order valence-corrected chi connectivity index (χ1v) is 10.3. The van der Waals surface area contributed by atoms with Crippen LogP contribution in [-0.4, -0.2) is 61.4 Å². The van der Waals surface area contributed by atoms with E-state index in [2.05, 4.69) is 34.0 Å². The maximum absolute atomic E-state index is 12.0. The molecule has 0 spiro atoms. The van der Waals surface area contributed by atoms with Gasteiger partial charge in [0, 0.05) is 42.5 Å². The molecule has 8 heteroatoms. The summed E-state index contributed by atoms with van der Waals surface area (Å²) < 4.78 is 10.5. The Morgan fingerprint density at radius 1 is 1.26 bits per heavy atom. The number of fused-ring (bicyclic) bond motifs is 2. The van der Waals surface area contributed by atoms with E-state index in [-0.39, 0.29) is 18.6 Å². The number of nitrogens with one attached hydrogen (secondary N) is 1. The number of hydrogen-bond donors (Lipinski definition) is 1. The van der Waals surface area contributed by atoms with E-state index in [0.29, 0.717) is 31.7 Å². The Bertz CT molecular complexity index is 828. The predicted molar refractivity (Wildman–Crippen MR) is 105 cm³/mol. The van der Waals surface area contributed by atoms with Crippen molar-refractivity contribution in [3.63, 3.8) is 0 Å². The van der Waals surface area contributed by atoms with E-state index in [1.807, 2.05) is 6.92 Å². The summed E-state index contributed by atoms with van der Waals surface area (Å²) in [7, 11) is 0. The number of nitrogens with zero attached hydrogens (tertiary/aromatic N) is 3. The predicted octanol–water partition coefficient (Wildman–Crippen LogP) is 1.91. The number of anilines is 1. The van der Waals surface area contributed by atoms with E-state index in [4.69, 9.17) is 9.47 Å². The van der Waals surface area contributed by atoms with Crippen LogP contribution < -0.4 is 10.2 Å². The van der Waals surface area contributed by atoms with Gasteiger partial charge in [-0.2, -0.15) is 0 Å². The van der Waals surface area contributed by atoms with E-state index in [9.17, 15) is 4.79 Å². The van der Waals surface area contributed by atoms with Gasteiger partial charge >= 0.3 is 0 Å². The molecule has 27 heavy (non-hydrogen) atoms. The molecule has 3 heterocycles. The number of rotatable bonds is 8. The summed E-state index contributed by atoms with van der Waals surface area (Å²) in [4.78, 5) is 25.7. The van der Waals surface area contributed by atoms with Crippen molar-refractivity contribution < 1.29 is 14.3 Å². The standard InChI is InChI=1S/C19H26N4O3S/c1-4-25-5-6-26-9-15(24)22-17-13-7-23(8-14(13)17)18-16-11(2)12(3)27-19(16)21-10-20-18/h10,13-14,17H,4-9H2,1-3H3,(H,22,24)/t13-,14+,17?. The highest BCUT2D eigenvalue weighted by atomic mass is 32.1. The van der Waals surface area contributed by atoms with E-state index in [1.165, 1.54) is 15.8 Å². The van der Waals surface area contributed by atoms with Gasteiger partial charge in [0.2, 0.25) is 5.91 Å². The molecule has 1 unspecified atom stereocenters. The summed E-state index contributed by atoms with van der Waals surface area (Å²) in [6.45, 7) is 9.84. The highest BCUT2D eigenvalue weighted by Gasteiger charge is 2.56. The fraction of sp³-hybridized carbons (Fsp3) is 0.632. The van der Waals surface area contributed by atoms with Crippen molar-refractivity contribution in [3.05, 3.63) is 16.8 Å². The van der Waals surface area contributed by atoms with Gasteiger partial charge in [0.15, 0.2) is 0 Å². The molecule has 2 aliphatic rings. The molecule has 1 N–H and O–H groups in total. The van der Waals surface area contributed by atoms with Crippen LogP contribution in [0.5, 0.6) is 0 Å². The Morgan fingerprint density at radius 3 is 2.74 bits per heavy atom. The zero-order chi connectivity index (χ0) is 19.0. The minimum Gasteiger partial charge on any atom is -0.379 e. The third-order valence-electron chi connectivity index (χ3n) is 5.58. The lowest BCUT2D eigenvalue weighted by Gasteiger charge is -2.22. The molecule has 1 aliphatic carbocycles. The number of aromatic nitrogens is 2. The molecule has 4 rings (SSSR count). The fourth-order valence-electron chi connectivity index (χ4n) is 3.97. The smallest absolute Gasteiger partial charge is 0.246 e. The zero-order valence-electron chi connectivity index (χ0n) is 16.0. The van der Waals surface area contributed by atoms with Crippen LogP contribution in [0.3, 0.4) is 0 Å². The van der Waals surface area contributed by atoms with E-state index in [1.54, 1.807) is 17.7 Å². The van der Waals surface area contributed by atoms with E-state index >= 15 is 0 Å². The highest BCUT2D eigenvalue weighted by Crippen LogP contribution is 2.48. The van der Waals surface area contributed by atoms with Gasteiger partial charge in [0.05, 0.1) is 18.6 Å². The van der Waals surface area contributed by atoms with Crippen LogP contribution in [-0.2, 0) is 14.3 Å². The Hall–Kier alpha value is -1.77. The van der Waals surface area contributed by atoms with Crippen LogP contribution in [0.2, 0.25) is 0 Å². The Kier molecular flexibility index (Phi) is 5.29. The van der Waals surface area contributed by atoms with Crippen LogP contribution in [0.4, 0.5) is 5.82 Å². The van der Waals surface area contributed by atoms with Gasteiger partial charge in [-0.1, -0.05) is 0 Å². The second kappa shape index (κ2) is 7.69. The Labute approximate surface area is 163 Å². The maximum atomic E-state index is 12.0. The van der Waals surface area contributed by atoms with E-state index in [0.717, 1.165) is 23.7 Å². The van der Waals surface area contributed by atoms with Crippen molar-refractivity contribution in [2.24, 2.45) is 11.8 Å². The molecule has 146 valence electrons. The van der Waals surface area contributed by atoms with Crippen molar-refractivity contribution in [1.29, 1.82) is 0 Å². The second-order valence-electron chi connectivity index (χ2n) is 7.24. The van der Waals surface area contributed by atoms with Crippen molar-refractivity contribution in [3.8, 4) is 0 Å². The lowest BCUT2D eigenvalue weighted by molar-refractivity contribution is -0.126. The molecule has 2 aromatic rings. The summed E-state index contributed by atoms with van der Waals surface area (Å²) >= 11 is 1.73. The molecule has 2 fully saturated rings. The van der Waals surface area contributed by atoms with Crippen molar-refractivity contribution in [2.45, 2.75) is 26.8 Å². The van der Waals surface area contributed by atoms with Crippen molar-refractivity contribution in [2.75, 3.05) is 44.4 Å². The van der Waals surface area contributed by atoms with Crippen LogP contribution in [0.15, 0.2) is 6.33 Å². The molecule has 2 aromatic heterocycles. The number of aryl methyl sites for hydroxylation is 2. The average Bonchev–Trinajstić information content (AvgIpc) is 2.99. The minimum absolute atomic E-state index is 0.0359. The first kappa shape index (κ1) is 18.6. The number of amides is 1. The SMILES string of the molecule is CCOCCOCC(=O)NC1[C@H]2CN(c3ncnc4sc(C)c(C)c34)C[C@@H]12. The van der Waals surface area contributed by atoms with Crippen LogP contribution >= 0.6 is 11.3 Å². The van der Waals surface area contributed by atoms with Crippen LogP contribution in [0.25, 0.3) is 10.2 Å². The van der Waals surface area contributed by atoms with Crippen LogP contribution in [0.1, 0.15) is 17.4 Å². The van der Waals surface area contributed by atoms with Gasteiger partial charge in [-0.15, -0.1) is 11.3 Å². The lowest BCUT2D eigenvalue weighted by Crippen LogP contribution is -2.36. The highest BCUT2D eigenvalue weighted by molar-refractivity contribution is 7.18. The zero-order valence-corrected chi connectivity index (χ0v) is 16.8. The molecule has 3 atom stereocenters. The van der Waals surface area contributed by atoms with E-state index < -0.39 is 0 Å². The number of carbonyl (C=O) groups excluding carboxylic acids is 1. The molecule has 0 bridgehead atoms. The van der Waals surface area contributed by atoms with Gasteiger partial charge in [-0.3, -0.25) is 4.79 Å². The van der Waals surface area contributed by atoms with Crippen molar-refractivity contribution in [1.82, 2.24) is 15.3 Å². The molecule has 1 saturated heterocycles. The molecular formula is C19H26N4O3S.